The van der Waals surface area contributed by atoms with Crippen LogP contribution in [0, 0.1) is 17.1 Å². The van der Waals surface area contributed by atoms with E-state index in [1.807, 2.05) is 24.3 Å². The van der Waals surface area contributed by atoms with Gasteiger partial charge in [-0.25, -0.2) is 4.39 Å². The summed E-state index contributed by atoms with van der Waals surface area (Å²) in [6.07, 6.45) is 0.920. The summed E-state index contributed by atoms with van der Waals surface area (Å²) in [5, 5.41) is 12.2. The van der Waals surface area contributed by atoms with Crippen molar-refractivity contribution in [3.63, 3.8) is 0 Å². The maximum Gasteiger partial charge on any atom is 0.145 e. The topological polar surface area (TPSA) is 35.8 Å². The lowest BCUT2D eigenvalue weighted by molar-refractivity contribution is 0.503. The quantitative estimate of drug-likeness (QED) is 0.891. The van der Waals surface area contributed by atoms with E-state index in [1.165, 1.54) is 11.6 Å². The number of halogens is 1. The molecule has 0 aliphatic carbocycles. The van der Waals surface area contributed by atoms with Gasteiger partial charge in [-0.1, -0.05) is 49.4 Å². The summed E-state index contributed by atoms with van der Waals surface area (Å²) >= 11 is 0. The number of nitrogens with one attached hydrogen (secondary N) is 1. The van der Waals surface area contributed by atoms with Crippen LogP contribution >= 0.6 is 0 Å². The van der Waals surface area contributed by atoms with Gasteiger partial charge < -0.3 is 5.32 Å². The van der Waals surface area contributed by atoms with E-state index in [0.717, 1.165) is 6.42 Å². The first kappa shape index (κ1) is 14.2. The zero-order valence-electron chi connectivity index (χ0n) is 11.4. The minimum atomic E-state index is -0.426. The van der Waals surface area contributed by atoms with Crippen LogP contribution in [-0.2, 0) is 6.54 Å². The van der Waals surface area contributed by atoms with Crippen molar-refractivity contribution in [2.75, 3.05) is 0 Å². The van der Waals surface area contributed by atoms with E-state index < -0.39 is 5.82 Å². The van der Waals surface area contributed by atoms with Crippen molar-refractivity contribution in [3.8, 4) is 6.07 Å². The van der Waals surface area contributed by atoms with Crippen LogP contribution < -0.4 is 5.32 Å². The molecule has 0 bridgehead atoms. The molecule has 0 heterocycles. The second-order valence-corrected chi connectivity index (χ2v) is 4.64. The fourth-order valence-electron chi connectivity index (χ4n) is 2.22. The summed E-state index contributed by atoms with van der Waals surface area (Å²) in [5.74, 6) is -0.426. The largest absolute Gasteiger partial charge is 0.306 e. The van der Waals surface area contributed by atoms with Gasteiger partial charge in [0.15, 0.2) is 0 Å². The Balaban J connectivity index is 2.10. The molecule has 3 heteroatoms. The van der Waals surface area contributed by atoms with Gasteiger partial charge in [0.2, 0.25) is 0 Å². The molecule has 0 amide bonds. The average molecular weight is 268 g/mol. The fourth-order valence-corrected chi connectivity index (χ4v) is 2.22. The van der Waals surface area contributed by atoms with Crippen molar-refractivity contribution in [1.82, 2.24) is 5.32 Å². The van der Waals surface area contributed by atoms with Crippen molar-refractivity contribution in [3.05, 3.63) is 71.0 Å². The zero-order chi connectivity index (χ0) is 14.4. The predicted molar refractivity (Wildman–Crippen MR) is 77.4 cm³/mol. The first-order chi connectivity index (χ1) is 9.76. The highest BCUT2D eigenvalue weighted by Crippen LogP contribution is 2.18. The molecule has 2 aromatic rings. The first-order valence-corrected chi connectivity index (χ1v) is 6.72. The number of hydrogen-bond donors (Lipinski definition) is 1. The molecule has 2 rings (SSSR count). The third-order valence-corrected chi connectivity index (χ3v) is 3.35. The Hall–Kier alpha value is -2.18. The van der Waals surface area contributed by atoms with E-state index in [-0.39, 0.29) is 11.6 Å². The van der Waals surface area contributed by atoms with Crippen molar-refractivity contribution in [1.29, 1.82) is 5.26 Å². The Kier molecular flexibility index (Phi) is 4.86. The first-order valence-electron chi connectivity index (χ1n) is 6.72. The maximum atomic E-state index is 14.0. The van der Waals surface area contributed by atoms with Crippen LogP contribution in [0.4, 0.5) is 4.39 Å². The third kappa shape index (κ3) is 3.23. The highest BCUT2D eigenvalue weighted by atomic mass is 19.1. The summed E-state index contributed by atoms with van der Waals surface area (Å²) in [4.78, 5) is 0. The Morgan fingerprint density at radius 2 is 1.90 bits per heavy atom. The van der Waals surface area contributed by atoms with Gasteiger partial charge in [0.25, 0.3) is 0 Å². The van der Waals surface area contributed by atoms with E-state index >= 15 is 0 Å². The predicted octanol–water partition coefficient (Wildman–Crippen LogP) is 3.94. The van der Waals surface area contributed by atoms with E-state index in [9.17, 15) is 4.39 Å². The van der Waals surface area contributed by atoms with Crippen LogP contribution in [0.1, 0.15) is 36.1 Å². The van der Waals surface area contributed by atoms with Gasteiger partial charge in [0.05, 0.1) is 5.56 Å². The summed E-state index contributed by atoms with van der Waals surface area (Å²) < 4.78 is 14.0. The highest BCUT2D eigenvalue weighted by molar-refractivity contribution is 5.35. The molecule has 102 valence electrons. The smallest absolute Gasteiger partial charge is 0.145 e. The molecule has 0 radical (unpaired) electrons. The molecule has 20 heavy (non-hydrogen) atoms. The van der Waals surface area contributed by atoms with Gasteiger partial charge in [-0.3, -0.25) is 0 Å². The maximum absolute atomic E-state index is 14.0. The molecular formula is C17H17FN2. The summed E-state index contributed by atoms with van der Waals surface area (Å²) in [7, 11) is 0. The van der Waals surface area contributed by atoms with Crippen LogP contribution in [0.25, 0.3) is 0 Å². The number of nitrogens with zero attached hydrogens (tertiary/aromatic N) is 1. The molecule has 0 aromatic heterocycles. The normalized spacial score (nSPS) is 11.8. The average Bonchev–Trinajstić information content (AvgIpc) is 2.50. The lowest BCUT2D eigenvalue weighted by atomic mass is 10.0. The van der Waals surface area contributed by atoms with Crippen LogP contribution in [0.2, 0.25) is 0 Å². The van der Waals surface area contributed by atoms with E-state index in [1.54, 1.807) is 12.1 Å². The molecule has 1 atom stereocenters. The molecule has 2 aromatic carbocycles. The van der Waals surface area contributed by atoms with Gasteiger partial charge >= 0.3 is 0 Å². The van der Waals surface area contributed by atoms with Gasteiger partial charge in [0, 0.05) is 18.2 Å². The van der Waals surface area contributed by atoms with Gasteiger partial charge in [-0.15, -0.1) is 0 Å². The van der Waals surface area contributed by atoms with Crippen molar-refractivity contribution in [2.45, 2.75) is 25.9 Å². The SMILES string of the molecule is CCC(NCc1cccc(C#N)c1F)c1ccccc1. The monoisotopic (exact) mass is 268 g/mol. The minimum Gasteiger partial charge on any atom is -0.306 e. The number of nitriles is 1. The molecule has 0 aliphatic rings. The summed E-state index contributed by atoms with van der Waals surface area (Å²) in [6.45, 7) is 2.50. The lowest BCUT2D eigenvalue weighted by Gasteiger charge is -2.17. The van der Waals surface area contributed by atoms with Crippen molar-refractivity contribution >= 4 is 0 Å². The molecule has 0 fully saturated rings. The Morgan fingerprint density at radius 3 is 2.55 bits per heavy atom. The molecule has 1 unspecified atom stereocenters. The molecule has 0 aliphatic heterocycles. The second kappa shape index (κ2) is 6.83. The molecule has 0 saturated carbocycles. The highest BCUT2D eigenvalue weighted by Gasteiger charge is 2.11. The van der Waals surface area contributed by atoms with Crippen LogP contribution in [0.5, 0.6) is 0 Å². The van der Waals surface area contributed by atoms with E-state index in [0.29, 0.717) is 12.1 Å². The van der Waals surface area contributed by atoms with E-state index in [4.69, 9.17) is 5.26 Å². The molecular weight excluding hydrogens is 251 g/mol. The van der Waals surface area contributed by atoms with Gasteiger partial charge in [0.1, 0.15) is 11.9 Å². The minimum absolute atomic E-state index is 0.0945. The molecule has 0 saturated heterocycles. The number of hydrogen-bond acceptors (Lipinski definition) is 2. The third-order valence-electron chi connectivity index (χ3n) is 3.35. The molecule has 1 N–H and O–H groups in total. The molecule has 0 spiro atoms. The Labute approximate surface area is 118 Å². The Morgan fingerprint density at radius 1 is 1.15 bits per heavy atom. The summed E-state index contributed by atoms with van der Waals surface area (Å²) in [6, 6.07) is 17.1. The zero-order valence-corrected chi connectivity index (χ0v) is 11.4. The van der Waals surface area contributed by atoms with Crippen molar-refractivity contribution < 1.29 is 4.39 Å². The van der Waals surface area contributed by atoms with Crippen LogP contribution in [0.3, 0.4) is 0 Å². The van der Waals surface area contributed by atoms with Crippen LogP contribution in [-0.4, -0.2) is 0 Å². The van der Waals surface area contributed by atoms with E-state index in [2.05, 4.69) is 24.4 Å². The Bertz CT molecular complexity index is 602. The van der Waals surface area contributed by atoms with Crippen molar-refractivity contribution in [2.24, 2.45) is 0 Å². The number of benzene rings is 2. The second-order valence-electron chi connectivity index (χ2n) is 4.64. The van der Waals surface area contributed by atoms with Crippen LogP contribution in [0.15, 0.2) is 48.5 Å². The standard InChI is InChI=1S/C17H17FN2/c1-2-16(13-7-4-3-5-8-13)20-12-15-10-6-9-14(11-19)17(15)18/h3-10,16,20H,2,12H2,1H3. The fraction of sp³-hybridized carbons (Fsp3) is 0.235. The number of rotatable bonds is 5. The van der Waals surface area contributed by atoms with Gasteiger partial charge in [-0.2, -0.15) is 5.26 Å². The summed E-state index contributed by atoms with van der Waals surface area (Å²) in [5.41, 5.74) is 1.81. The van der Waals surface area contributed by atoms with Gasteiger partial charge in [-0.05, 0) is 18.1 Å². The molecule has 2 nitrogen and oxygen atoms in total. The lowest BCUT2D eigenvalue weighted by Crippen LogP contribution is -2.21.